The van der Waals surface area contributed by atoms with Crippen molar-refractivity contribution in [2.24, 2.45) is 0 Å². The second-order valence-electron chi connectivity index (χ2n) is 6.01. The van der Waals surface area contributed by atoms with Crippen molar-refractivity contribution < 1.29 is 9.47 Å². The van der Waals surface area contributed by atoms with Gasteiger partial charge in [0.15, 0.2) is 5.79 Å². The van der Waals surface area contributed by atoms with Gasteiger partial charge in [0.2, 0.25) is 0 Å². The molecule has 0 saturated carbocycles. The predicted octanol–water partition coefficient (Wildman–Crippen LogP) is 5.62. The lowest BCUT2D eigenvalue weighted by Gasteiger charge is -2.35. The van der Waals surface area contributed by atoms with Crippen molar-refractivity contribution in [1.82, 2.24) is 0 Å². The first-order chi connectivity index (χ1) is 9.79. The van der Waals surface area contributed by atoms with Crippen LogP contribution in [0.5, 0.6) is 0 Å². The molecule has 0 heterocycles. The third-order valence-corrected chi connectivity index (χ3v) is 4.55. The fraction of sp³-hybridized carbons (Fsp3) is 0.889. The molecule has 2 nitrogen and oxygen atoms in total. The van der Waals surface area contributed by atoms with E-state index in [-0.39, 0.29) is 0 Å². The molecule has 1 rings (SSSR count). The van der Waals surface area contributed by atoms with Gasteiger partial charge in [-0.15, -0.1) is 0 Å². The van der Waals surface area contributed by atoms with E-state index in [1.54, 1.807) is 14.2 Å². The van der Waals surface area contributed by atoms with E-state index in [1.165, 1.54) is 69.8 Å². The molecule has 0 atom stereocenters. The van der Waals surface area contributed by atoms with Gasteiger partial charge in [-0.2, -0.15) is 0 Å². The highest BCUT2D eigenvalue weighted by Gasteiger charge is 2.33. The van der Waals surface area contributed by atoms with Crippen molar-refractivity contribution in [3.8, 4) is 0 Å². The normalized spacial score (nSPS) is 16.2. The highest BCUT2D eigenvalue weighted by Crippen LogP contribution is 2.34. The zero-order chi connectivity index (χ0) is 14.7. The van der Waals surface area contributed by atoms with Crippen LogP contribution in [0.3, 0.4) is 0 Å². The van der Waals surface area contributed by atoms with Gasteiger partial charge in [-0.3, -0.25) is 0 Å². The molecule has 0 aromatic heterocycles. The van der Waals surface area contributed by atoms with E-state index in [2.05, 4.69) is 13.0 Å². The lowest BCUT2D eigenvalue weighted by Crippen LogP contribution is -2.36. The molecule has 0 aromatic rings. The van der Waals surface area contributed by atoms with Crippen LogP contribution in [0.15, 0.2) is 11.6 Å². The molecule has 1 aliphatic carbocycles. The van der Waals surface area contributed by atoms with Crippen LogP contribution in [-0.2, 0) is 9.47 Å². The van der Waals surface area contributed by atoms with E-state index in [1.807, 2.05) is 0 Å². The number of hydrogen-bond donors (Lipinski definition) is 0. The molecule has 2 heteroatoms. The van der Waals surface area contributed by atoms with Crippen molar-refractivity contribution in [3.05, 3.63) is 11.6 Å². The Bertz CT molecular complexity index is 267. The van der Waals surface area contributed by atoms with Gasteiger partial charge in [-0.25, -0.2) is 0 Å². The topological polar surface area (TPSA) is 18.5 Å². The van der Waals surface area contributed by atoms with Gasteiger partial charge in [-0.05, 0) is 37.7 Å². The Morgan fingerprint density at radius 3 is 2.15 bits per heavy atom. The van der Waals surface area contributed by atoms with E-state index in [0.29, 0.717) is 0 Å². The smallest absolute Gasteiger partial charge is 0.190 e. The maximum atomic E-state index is 5.78. The number of unbranched alkanes of at least 4 members (excludes halogenated alkanes) is 6. The van der Waals surface area contributed by atoms with Crippen LogP contribution in [0.25, 0.3) is 0 Å². The summed E-state index contributed by atoms with van der Waals surface area (Å²) in [6.07, 6.45) is 17.6. The molecule has 0 N–H and O–H groups in total. The number of allylic oxidation sites excluding steroid dienone is 1. The molecule has 0 fully saturated rings. The third-order valence-electron chi connectivity index (χ3n) is 4.55. The Kier molecular flexibility index (Phi) is 9.21. The average molecular weight is 282 g/mol. The number of rotatable bonds is 11. The second kappa shape index (κ2) is 10.4. The maximum Gasteiger partial charge on any atom is 0.190 e. The fourth-order valence-corrected chi connectivity index (χ4v) is 3.21. The highest BCUT2D eigenvalue weighted by atomic mass is 16.7. The van der Waals surface area contributed by atoms with Gasteiger partial charge in [0.05, 0.1) is 0 Å². The summed E-state index contributed by atoms with van der Waals surface area (Å²) >= 11 is 0. The molecule has 118 valence electrons. The van der Waals surface area contributed by atoms with Gasteiger partial charge in [0.25, 0.3) is 0 Å². The Morgan fingerprint density at radius 1 is 0.950 bits per heavy atom. The van der Waals surface area contributed by atoms with E-state index < -0.39 is 5.79 Å². The lowest BCUT2D eigenvalue weighted by atomic mass is 9.89. The number of methoxy groups -OCH3 is 2. The minimum Gasteiger partial charge on any atom is -0.349 e. The first-order valence-corrected chi connectivity index (χ1v) is 8.59. The van der Waals surface area contributed by atoms with Crippen LogP contribution < -0.4 is 0 Å². The van der Waals surface area contributed by atoms with E-state index in [4.69, 9.17) is 9.47 Å². The minimum absolute atomic E-state index is 0.441. The standard InChI is InChI=1S/C18H34O2/c1-4-5-6-7-8-9-13-16-18(19-2,20-3)17-14-11-10-12-15-17/h14H,4-13,15-16H2,1-3H3. The van der Waals surface area contributed by atoms with Crippen LogP contribution >= 0.6 is 0 Å². The Hall–Kier alpha value is -0.340. The van der Waals surface area contributed by atoms with Crippen molar-refractivity contribution >= 4 is 0 Å². The van der Waals surface area contributed by atoms with Gasteiger partial charge in [0, 0.05) is 20.6 Å². The molecule has 1 aliphatic rings. The summed E-state index contributed by atoms with van der Waals surface area (Å²) in [5.41, 5.74) is 1.37. The monoisotopic (exact) mass is 282 g/mol. The summed E-state index contributed by atoms with van der Waals surface area (Å²) in [7, 11) is 3.58. The third kappa shape index (κ3) is 5.57. The molecular weight excluding hydrogens is 248 g/mol. The fourth-order valence-electron chi connectivity index (χ4n) is 3.21. The van der Waals surface area contributed by atoms with Crippen LogP contribution in [0.4, 0.5) is 0 Å². The van der Waals surface area contributed by atoms with E-state index in [9.17, 15) is 0 Å². The SMILES string of the molecule is CCCCCCCCCC(OC)(OC)C1=CCCCC1. The average Bonchev–Trinajstić information content (AvgIpc) is 2.52. The molecule has 0 amide bonds. The molecule has 0 aromatic carbocycles. The summed E-state index contributed by atoms with van der Waals surface area (Å²) in [5.74, 6) is -0.441. The molecule has 0 radical (unpaired) electrons. The molecule has 0 unspecified atom stereocenters. The molecular formula is C18H34O2. The largest absolute Gasteiger partial charge is 0.349 e. The summed E-state index contributed by atoms with van der Waals surface area (Å²) in [4.78, 5) is 0. The first kappa shape index (κ1) is 17.7. The van der Waals surface area contributed by atoms with Crippen molar-refractivity contribution in [1.29, 1.82) is 0 Å². The molecule has 20 heavy (non-hydrogen) atoms. The van der Waals surface area contributed by atoms with Crippen molar-refractivity contribution in [2.75, 3.05) is 14.2 Å². The van der Waals surface area contributed by atoms with Gasteiger partial charge >= 0.3 is 0 Å². The Balaban J connectivity index is 2.33. The lowest BCUT2D eigenvalue weighted by molar-refractivity contribution is -0.185. The van der Waals surface area contributed by atoms with Crippen molar-refractivity contribution in [3.63, 3.8) is 0 Å². The summed E-state index contributed by atoms with van der Waals surface area (Å²) in [6.45, 7) is 2.27. The quantitative estimate of drug-likeness (QED) is 0.278. The van der Waals surface area contributed by atoms with Crippen LogP contribution in [-0.4, -0.2) is 20.0 Å². The molecule has 0 saturated heterocycles. The summed E-state index contributed by atoms with van der Waals surface area (Å²) < 4.78 is 11.6. The Labute approximate surface area is 125 Å². The molecule has 0 spiro atoms. The highest BCUT2D eigenvalue weighted by molar-refractivity contribution is 5.15. The zero-order valence-electron chi connectivity index (χ0n) is 13.9. The maximum absolute atomic E-state index is 5.78. The first-order valence-electron chi connectivity index (χ1n) is 8.59. The van der Waals surface area contributed by atoms with Crippen LogP contribution in [0, 0.1) is 0 Å². The predicted molar refractivity (Wildman–Crippen MR) is 85.9 cm³/mol. The summed E-state index contributed by atoms with van der Waals surface area (Å²) in [6, 6.07) is 0. The molecule has 0 bridgehead atoms. The van der Waals surface area contributed by atoms with Gasteiger partial charge in [-0.1, -0.05) is 51.5 Å². The number of ether oxygens (including phenoxy) is 2. The zero-order valence-corrected chi connectivity index (χ0v) is 13.9. The van der Waals surface area contributed by atoms with E-state index >= 15 is 0 Å². The van der Waals surface area contributed by atoms with Crippen LogP contribution in [0.2, 0.25) is 0 Å². The number of hydrogen-bond acceptors (Lipinski definition) is 2. The summed E-state index contributed by atoms with van der Waals surface area (Å²) in [5, 5.41) is 0. The van der Waals surface area contributed by atoms with Gasteiger partial charge in [0.1, 0.15) is 0 Å². The minimum atomic E-state index is -0.441. The van der Waals surface area contributed by atoms with Crippen LogP contribution in [0.1, 0.15) is 84.0 Å². The Morgan fingerprint density at radius 2 is 1.60 bits per heavy atom. The second-order valence-corrected chi connectivity index (χ2v) is 6.01. The van der Waals surface area contributed by atoms with Gasteiger partial charge < -0.3 is 9.47 Å². The molecule has 0 aliphatic heterocycles. The van der Waals surface area contributed by atoms with Crippen molar-refractivity contribution in [2.45, 2.75) is 89.8 Å². The van der Waals surface area contributed by atoms with E-state index in [0.717, 1.165) is 12.8 Å².